The first-order valence-corrected chi connectivity index (χ1v) is 7.85. The number of ether oxygens (including phenoxy) is 1. The van der Waals surface area contributed by atoms with E-state index >= 15 is 0 Å². The number of anilines is 1. The molecule has 0 saturated carbocycles. The summed E-state index contributed by atoms with van der Waals surface area (Å²) in [5.41, 5.74) is 0.930. The maximum atomic E-state index is 12.3. The Balaban J connectivity index is 1.97. The van der Waals surface area contributed by atoms with E-state index in [0.717, 1.165) is 0 Å². The highest BCUT2D eigenvalue weighted by Crippen LogP contribution is 2.13. The SMILES string of the molecule is C[C@H]1OCCN[C@@H]1C(=O)Nc1ccc(C(=O)NC(C)(C)C)cc1. The Morgan fingerprint density at radius 1 is 1.22 bits per heavy atom. The van der Waals surface area contributed by atoms with Crippen LogP contribution in [0.4, 0.5) is 5.69 Å². The van der Waals surface area contributed by atoms with Gasteiger partial charge in [-0.15, -0.1) is 0 Å². The Morgan fingerprint density at radius 3 is 2.43 bits per heavy atom. The second-order valence-corrected chi connectivity index (χ2v) is 6.78. The van der Waals surface area contributed by atoms with E-state index in [9.17, 15) is 9.59 Å². The Bertz CT molecular complexity index is 563. The summed E-state index contributed by atoms with van der Waals surface area (Å²) < 4.78 is 5.47. The third kappa shape index (κ3) is 5.04. The predicted molar refractivity (Wildman–Crippen MR) is 89.5 cm³/mol. The zero-order valence-electron chi connectivity index (χ0n) is 14.1. The summed E-state index contributed by atoms with van der Waals surface area (Å²) in [6.07, 6.45) is -0.166. The lowest BCUT2D eigenvalue weighted by atomic mass is 10.1. The zero-order chi connectivity index (χ0) is 17.0. The summed E-state index contributed by atoms with van der Waals surface area (Å²) in [6.45, 7) is 8.94. The molecular formula is C17H25N3O3. The summed E-state index contributed by atoms with van der Waals surface area (Å²) in [5.74, 6) is -0.268. The molecule has 23 heavy (non-hydrogen) atoms. The van der Waals surface area contributed by atoms with Crippen LogP contribution in [0, 0.1) is 0 Å². The molecule has 1 aliphatic rings. The molecule has 1 aliphatic heterocycles. The highest BCUT2D eigenvalue weighted by molar-refractivity contribution is 5.97. The van der Waals surface area contributed by atoms with Gasteiger partial charge in [0.25, 0.3) is 5.91 Å². The van der Waals surface area contributed by atoms with Gasteiger partial charge in [0.05, 0.1) is 12.7 Å². The van der Waals surface area contributed by atoms with Gasteiger partial charge >= 0.3 is 0 Å². The van der Waals surface area contributed by atoms with Crippen LogP contribution in [0.5, 0.6) is 0 Å². The average molecular weight is 319 g/mol. The van der Waals surface area contributed by atoms with Crippen LogP contribution in [0.15, 0.2) is 24.3 Å². The van der Waals surface area contributed by atoms with Gasteiger partial charge in [-0.25, -0.2) is 0 Å². The number of nitrogens with one attached hydrogen (secondary N) is 3. The molecule has 2 amide bonds. The maximum Gasteiger partial charge on any atom is 0.251 e. The van der Waals surface area contributed by atoms with Crippen LogP contribution in [0.1, 0.15) is 38.1 Å². The normalized spacial score (nSPS) is 21.6. The van der Waals surface area contributed by atoms with Crippen LogP contribution in [-0.2, 0) is 9.53 Å². The highest BCUT2D eigenvalue weighted by Gasteiger charge is 2.28. The van der Waals surface area contributed by atoms with Gasteiger partial charge < -0.3 is 20.7 Å². The van der Waals surface area contributed by atoms with Gasteiger partial charge in [-0.1, -0.05) is 0 Å². The number of morpholine rings is 1. The van der Waals surface area contributed by atoms with E-state index in [0.29, 0.717) is 24.4 Å². The summed E-state index contributed by atoms with van der Waals surface area (Å²) in [6, 6.07) is 6.48. The van der Waals surface area contributed by atoms with Crippen LogP contribution < -0.4 is 16.0 Å². The molecule has 6 nitrogen and oxygen atoms in total. The van der Waals surface area contributed by atoms with Crippen LogP contribution in [0.25, 0.3) is 0 Å². The molecule has 3 N–H and O–H groups in total. The lowest BCUT2D eigenvalue weighted by Crippen LogP contribution is -2.53. The number of carbonyl (C=O) groups is 2. The summed E-state index contributed by atoms with van der Waals surface area (Å²) in [5, 5.41) is 8.89. The van der Waals surface area contributed by atoms with E-state index in [4.69, 9.17) is 4.74 Å². The number of rotatable bonds is 3. The number of carbonyl (C=O) groups excluding carboxylic acids is 2. The summed E-state index contributed by atoms with van der Waals surface area (Å²) in [4.78, 5) is 24.3. The molecule has 0 unspecified atom stereocenters. The molecule has 0 aromatic heterocycles. The second kappa shape index (κ2) is 7.10. The fourth-order valence-electron chi connectivity index (χ4n) is 2.37. The standard InChI is InChI=1S/C17H25N3O3/c1-11-14(18-9-10-23-11)16(22)19-13-7-5-12(6-8-13)15(21)20-17(2,3)4/h5-8,11,14,18H,9-10H2,1-4H3,(H,19,22)(H,20,21)/t11-,14+/m1/s1. The van der Waals surface area contributed by atoms with Crippen molar-refractivity contribution in [2.24, 2.45) is 0 Å². The van der Waals surface area contributed by atoms with Crippen molar-refractivity contribution in [2.75, 3.05) is 18.5 Å². The predicted octanol–water partition coefficient (Wildman–Crippen LogP) is 1.53. The van der Waals surface area contributed by atoms with Crippen molar-refractivity contribution in [1.29, 1.82) is 0 Å². The van der Waals surface area contributed by atoms with Gasteiger partial charge in [0.1, 0.15) is 6.04 Å². The lowest BCUT2D eigenvalue weighted by Gasteiger charge is -2.29. The molecule has 126 valence electrons. The molecule has 0 spiro atoms. The van der Waals surface area contributed by atoms with Crippen molar-refractivity contribution in [3.05, 3.63) is 29.8 Å². The molecule has 1 aromatic carbocycles. The topological polar surface area (TPSA) is 79.5 Å². The van der Waals surface area contributed by atoms with Crippen molar-refractivity contribution in [1.82, 2.24) is 10.6 Å². The van der Waals surface area contributed by atoms with E-state index in [2.05, 4.69) is 16.0 Å². The first-order chi connectivity index (χ1) is 10.8. The van der Waals surface area contributed by atoms with Crippen LogP contribution in [0.2, 0.25) is 0 Å². The number of amides is 2. The third-order valence-corrected chi connectivity index (χ3v) is 3.50. The maximum absolute atomic E-state index is 12.3. The van der Waals surface area contributed by atoms with Gasteiger partial charge in [0.2, 0.25) is 5.91 Å². The van der Waals surface area contributed by atoms with E-state index < -0.39 is 0 Å². The largest absolute Gasteiger partial charge is 0.375 e. The van der Waals surface area contributed by atoms with Crippen molar-refractivity contribution < 1.29 is 14.3 Å². The monoisotopic (exact) mass is 319 g/mol. The molecule has 0 bridgehead atoms. The molecule has 2 rings (SSSR count). The van der Waals surface area contributed by atoms with Gasteiger partial charge in [-0.2, -0.15) is 0 Å². The number of benzene rings is 1. The molecule has 6 heteroatoms. The van der Waals surface area contributed by atoms with Crippen molar-refractivity contribution in [3.8, 4) is 0 Å². The second-order valence-electron chi connectivity index (χ2n) is 6.78. The Hall–Kier alpha value is -1.92. The van der Waals surface area contributed by atoms with Gasteiger partial charge in [-0.3, -0.25) is 9.59 Å². The fourth-order valence-corrected chi connectivity index (χ4v) is 2.37. The molecule has 2 atom stereocenters. The van der Waals surface area contributed by atoms with Crippen molar-refractivity contribution in [3.63, 3.8) is 0 Å². The fraction of sp³-hybridized carbons (Fsp3) is 0.529. The third-order valence-electron chi connectivity index (χ3n) is 3.50. The van der Waals surface area contributed by atoms with Gasteiger partial charge in [0, 0.05) is 23.3 Å². The van der Waals surface area contributed by atoms with Gasteiger partial charge in [0.15, 0.2) is 0 Å². The van der Waals surface area contributed by atoms with Crippen molar-refractivity contribution >= 4 is 17.5 Å². The molecule has 0 aliphatic carbocycles. The molecular weight excluding hydrogens is 294 g/mol. The van der Waals surface area contributed by atoms with Crippen molar-refractivity contribution in [2.45, 2.75) is 45.4 Å². The zero-order valence-corrected chi connectivity index (χ0v) is 14.1. The smallest absolute Gasteiger partial charge is 0.251 e. The minimum atomic E-state index is -0.368. The quantitative estimate of drug-likeness (QED) is 0.789. The Morgan fingerprint density at radius 2 is 1.87 bits per heavy atom. The first-order valence-electron chi connectivity index (χ1n) is 7.85. The highest BCUT2D eigenvalue weighted by atomic mass is 16.5. The molecule has 1 aromatic rings. The summed E-state index contributed by atoms with van der Waals surface area (Å²) in [7, 11) is 0. The van der Waals surface area contributed by atoms with Crippen LogP contribution in [0.3, 0.4) is 0 Å². The molecule has 1 saturated heterocycles. The first kappa shape index (κ1) is 17.4. The Labute approximate surface area is 137 Å². The van der Waals surface area contributed by atoms with Crippen LogP contribution in [-0.4, -0.2) is 42.7 Å². The van der Waals surface area contributed by atoms with E-state index in [1.807, 2.05) is 27.7 Å². The minimum Gasteiger partial charge on any atom is -0.375 e. The average Bonchev–Trinajstić information content (AvgIpc) is 2.46. The number of hydrogen-bond acceptors (Lipinski definition) is 4. The van der Waals surface area contributed by atoms with E-state index in [1.165, 1.54) is 0 Å². The van der Waals surface area contributed by atoms with E-state index in [-0.39, 0.29) is 29.5 Å². The number of hydrogen-bond donors (Lipinski definition) is 3. The van der Waals surface area contributed by atoms with Gasteiger partial charge in [-0.05, 0) is 52.0 Å². The van der Waals surface area contributed by atoms with Crippen LogP contribution >= 0.6 is 0 Å². The summed E-state index contributed by atoms with van der Waals surface area (Å²) >= 11 is 0. The lowest BCUT2D eigenvalue weighted by molar-refractivity contribution is -0.123. The molecule has 0 radical (unpaired) electrons. The molecule has 1 fully saturated rings. The Kier molecular flexibility index (Phi) is 5.38. The minimum absolute atomic E-state index is 0.133. The van der Waals surface area contributed by atoms with E-state index in [1.54, 1.807) is 24.3 Å². The molecule has 1 heterocycles.